The van der Waals surface area contributed by atoms with Crippen molar-refractivity contribution in [3.05, 3.63) is 98.4 Å². The maximum absolute atomic E-state index is 13.5. The number of benzene rings is 3. The van der Waals surface area contributed by atoms with Crippen LogP contribution in [0.1, 0.15) is 35.3 Å². The number of imide groups is 1. The number of carbonyl (C=O) groups is 2. The third kappa shape index (κ3) is 5.59. The Bertz CT molecular complexity index is 1340. The van der Waals surface area contributed by atoms with E-state index in [4.69, 9.17) is 9.47 Å². The first-order chi connectivity index (χ1) is 16.9. The van der Waals surface area contributed by atoms with Crippen LogP contribution in [0.2, 0.25) is 0 Å². The molecule has 0 aliphatic carbocycles. The average molecular weight is 584 g/mol. The first-order valence-corrected chi connectivity index (χ1v) is 12.0. The summed E-state index contributed by atoms with van der Waals surface area (Å²) in [5.74, 6) is -0.270. The molecule has 0 atom stereocenters. The summed E-state index contributed by atoms with van der Waals surface area (Å²) in [6, 6.07) is 18.4. The van der Waals surface area contributed by atoms with Gasteiger partial charge in [0.15, 0.2) is 11.5 Å². The molecule has 0 saturated heterocycles. The number of rotatable bonds is 7. The minimum absolute atomic E-state index is 0.176. The zero-order chi connectivity index (χ0) is 24.9. The molecule has 0 unspecified atom stereocenters. The minimum atomic E-state index is -0.490. The zero-order valence-corrected chi connectivity index (χ0v) is 21.3. The van der Waals surface area contributed by atoms with Gasteiger partial charge < -0.3 is 9.47 Å². The van der Waals surface area contributed by atoms with Gasteiger partial charge in [0, 0.05) is 5.56 Å². The van der Waals surface area contributed by atoms with Crippen LogP contribution in [0.25, 0.3) is 6.08 Å². The molecule has 3 aromatic carbocycles. The highest BCUT2D eigenvalue weighted by Crippen LogP contribution is 2.36. The summed E-state index contributed by atoms with van der Waals surface area (Å²) in [5, 5.41) is 5.08. The molecule has 1 aliphatic rings. The average Bonchev–Trinajstić information content (AvgIpc) is 3.12. The topological polar surface area (TPSA) is 68.2 Å². The molecule has 0 radical (unpaired) electrons. The Morgan fingerprint density at radius 3 is 2.57 bits per heavy atom. The lowest BCUT2D eigenvalue weighted by Gasteiger charge is -2.15. The predicted octanol–water partition coefficient (Wildman–Crippen LogP) is 5.85. The molecule has 4 rings (SSSR count). The summed E-state index contributed by atoms with van der Waals surface area (Å²) < 4.78 is 26.0. The molecule has 0 fully saturated rings. The van der Waals surface area contributed by atoms with E-state index in [0.717, 1.165) is 8.58 Å². The summed E-state index contributed by atoms with van der Waals surface area (Å²) in [5.41, 5.74) is 2.54. The maximum atomic E-state index is 13.5. The SMILES string of the molecule is CCOc1cc(/C=C2/C(=O)N(C(=O)c3ccccc3)N=C2C)cc(I)c1OCc1cccc(F)c1. The van der Waals surface area contributed by atoms with E-state index in [1.807, 2.05) is 13.0 Å². The van der Waals surface area contributed by atoms with Crippen molar-refractivity contribution in [1.29, 1.82) is 0 Å². The van der Waals surface area contributed by atoms with Crippen molar-refractivity contribution in [2.45, 2.75) is 20.5 Å². The number of halogens is 2. The Kier molecular flexibility index (Phi) is 7.60. The normalized spacial score (nSPS) is 14.3. The number of hydrazone groups is 1. The highest BCUT2D eigenvalue weighted by Gasteiger charge is 2.33. The van der Waals surface area contributed by atoms with Crippen LogP contribution < -0.4 is 9.47 Å². The second-order valence-electron chi connectivity index (χ2n) is 7.71. The molecule has 6 nitrogen and oxygen atoms in total. The summed E-state index contributed by atoms with van der Waals surface area (Å²) >= 11 is 2.13. The fraction of sp³-hybridized carbons (Fsp3) is 0.148. The van der Waals surface area contributed by atoms with Gasteiger partial charge in [-0.2, -0.15) is 10.1 Å². The van der Waals surface area contributed by atoms with E-state index in [-0.39, 0.29) is 12.4 Å². The fourth-order valence-corrected chi connectivity index (χ4v) is 4.33. The molecule has 0 aromatic heterocycles. The summed E-state index contributed by atoms with van der Waals surface area (Å²) in [6.45, 7) is 4.13. The molecule has 1 heterocycles. The fourth-order valence-electron chi connectivity index (χ4n) is 3.55. The monoisotopic (exact) mass is 584 g/mol. The summed E-state index contributed by atoms with van der Waals surface area (Å²) in [6.07, 6.45) is 1.68. The number of amides is 2. The van der Waals surface area contributed by atoms with Gasteiger partial charge in [0.25, 0.3) is 11.8 Å². The molecule has 0 bridgehead atoms. The second kappa shape index (κ2) is 10.8. The molecular weight excluding hydrogens is 562 g/mol. The Labute approximate surface area is 216 Å². The Balaban J connectivity index is 1.60. The number of ether oxygens (including phenoxy) is 2. The molecular formula is C27H22FIN2O4. The van der Waals surface area contributed by atoms with Crippen molar-refractivity contribution >= 4 is 46.2 Å². The lowest BCUT2D eigenvalue weighted by atomic mass is 10.1. The number of nitrogens with zero attached hydrogens (tertiary/aromatic N) is 2. The number of carbonyl (C=O) groups excluding carboxylic acids is 2. The van der Waals surface area contributed by atoms with Crippen molar-refractivity contribution in [2.75, 3.05) is 6.61 Å². The van der Waals surface area contributed by atoms with E-state index in [1.165, 1.54) is 12.1 Å². The molecule has 35 heavy (non-hydrogen) atoms. The molecule has 178 valence electrons. The largest absolute Gasteiger partial charge is 0.490 e. The van der Waals surface area contributed by atoms with Gasteiger partial charge >= 0.3 is 0 Å². The number of hydrogen-bond acceptors (Lipinski definition) is 5. The first-order valence-electron chi connectivity index (χ1n) is 10.9. The van der Waals surface area contributed by atoms with E-state index in [1.54, 1.807) is 61.5 Å². The predicted molar refractivity (Wildman–Crippen MR) is 140 cm³/mol. The van der Waals surface area contributed by atoms with Gasteiger partial charge in [-0.3, -0.25) is 9.59 Å². The molecule has 0 N–H and O–H groups in total. The van der Waals surface area contributed by atoms with E-state index >= 15 is 0 Å². The zero-order valence-electron chi connectivity index (χ0n) is 19.1. The van der Waals surface area contributed by atoms with Crippen molar-refractivity contribution in [3.8, 4) is 11.5 Å². The summed E-state index contributed by atoms with van der Waals surface area (Å²) in [7, 11) is 0. The maximum Gasteiger partial charge on any atom is 0.283 e. The number of hydrogen-bond donors (Lipinski definition) is 0. The highest BCUT2D eigenvalue weighted by molar-refractivity contribution is 14.1. The van der Waals surface area contributed by atoms with E-state index in [0.29, 0.717) is 46.1 Å². The van der Waals surface area contributed by atoms with Gasteiger partial charge in [-0.15, -0.1) is 0 Å². The van der Waals surface area contributed by atoms with E-state index in [2.05, 4.69) is 27.7 Å². The third-order valence-corrected chi connectivity index (χ3v) is 5.99. The van der Waals surface area contributed by atoms with Crippen LogP contribution in [-0.2, 0) is 11.4 Å². The van der Waals surface area contributed by atoms with Crippen LogP contribution >= 0.6 is 22.6 Å². The van der Waals surface area contributed by atoms with Crippen LogP contribution in [0.3, 0.4) is 0 Å². The van der Waals surface area contributed by atoms with Crippen molar-refractivity contribution in [1.82, 2.24) is 5.01 Å². The van der Waals surface area contributed by atoms with Gasteiger partial charge in [-0.25, -0.2) is 4.39 Å². The molecule has 8 heteroatoms. The molecule has 2 amide bonds. The highest BCUT2D eigenvalue weighted by atomic mass is 127. The summed E-state index contributed by atoms with van der Waals surface area (Å²) in [4.78, 5) is 25.8. The Hall–Kier alpha value is -3.53. The van der Waals surface area contributed by atoms with Crippen LogP contribution in [0.4, 0.5) is 4.39 Å². The van der Waals surface area contributed by atoms with Gasteiger partial charge in [0.05, 0.1) is 21.5 Å². The van der Waals surface area contributed by atoms with Crippen molar-refractivity contribution in [3.63, 3.8) is 0 Å². The third-order valence-electron chi connectivity index (χ3n) is 5.19. The van der Waals surface area contributed by atoms with Crippen LogP contribution in [0.5, 0.6) is 11.5 Å². The molecule has 1 aliphatic heterocycles. The molecule has 0 saturated carbocycles. The van der Waals surface area contributed by atoms with Gasteiger partial charge in [0.2, 0.25) is 0 Å². The van der Waals surface area contributed by atoms with Crippen LogP contribution in [0, 0.1) is 9.39 Å². The van der Waals surface area contributed by atoms with Gasteiger partial charge in [-0.1, -0.05) is 30.3 Å². The van der Waals surface area contributed by atoms with E-state index < -0.39 is 11.8 Å². The minimum Gasteiger partial charge on any atom is -0.490 e. The first kappa shape index (κ1) is 24.6. The second-order valence-corrected chi connectivity index (χ2v) is 8.88. The molecule has 0 spiro atoms. The van der Waals surface area contributed by atoms with Crippen LogP contribution in [-0.4, -0.2) is 29.1 Å². The van der Waals surface area contributed by atoms with Gasteiger partial charge in [0.1, 0.15) is 12.4 Å². The van der Waals surface area contributed by atoms with Crippen molar-refractivity contribution in [2.24, 2.45) is 5.10 Å². The standard InChI is InChI=1S/C27H22FIN2O4/c1-3-34-24-15-19(14-23(29)25(24)35-16-18-8-7-11-21(28)12-18)13-22-17(2)30-31(27(22)33)26(32)20-9-5-4-6-10-20/h4-15H,3,16H2,1-2H3/b22-13+. The lowest BCUT2D eigenvalue weighted by molar-refractivity contribution is -0.123. The van der Waals surface area contributed by atoms with Gasteiger partial charge in [-0.05, 0) is 90.0 Å². The molecule has 3 aromatic rings. The lowest BCUT2D eigenvalue weighted by Crippen LogP contribution is -2.29. The Morgan fingerprint density at radius 1 is 1.09 bits per heavy atom. The van der Waals surface area contributed by atoms with E-state index in [9.17, 15) is 14.0 Å². The van der Waals surface area contributed by atoms with Crippen molar-refractivity contribution < 1.29 is 23.5 Å². The smallest absolute Gasteiger partial charge is 0.283 e. The quantitative estimate of drug-likeness (QED) is 0.199. The Morgan fingerprint density at radius 2 is 1.86 bits per heavy atom. The van der Waals surface area contributed by atoms with Crippen LogP contribution in [0.15, 0.2) is 77.4 Å².